The molecule has 0 spiro atoms. The maximum atomic E-state index is 13.9. The van der Waals surface area contributed by atoms with Crippen molar-refractivity contribution >= 4 is 0 Å². The molecule has 0 N–H and O–H groups in total. The SMILES string of the molecule is CCCCOC(F)(C(F)C(F)(F)F)C(F)(C(F)(F)F)C(F)(F)F. The molecule has 0 rings (SSSR count). The van der Waals surface area contributed by atoms with E-state index in [4.69, 9.17) is 0 Å². The van der Waals surface area contributed by atoms with Crippen molar-refractivity contribution in [2.24, 2.45) is 0 Å². The molecule has 0 aromatic rings. The molecule has 0 saturated heterocycles. The first-order valence-electron chi connectivity index (χ1n) is 5.82. The summed E-state index contributed by atoms with van der Waals surface area (Å²) in [5.41, 5.74) is -7.23. The van der Waals surface area contributed by atoms with E-state index in [0.717, 1.165) is 0 Å². The minimum atomic E-state index is -7.26. The lowest BCUT2D eigenvalue weighted by Gasteiger charge is -2.42. The van der Waals surface area contributed by atoms with E-state index in [-0.39, 0.29) is 6.42 Å². The Bertz CT molecular complexity index is 369. The average Bonchev–Trinajstić information content (AvgIpc) is 2.33. The van der Waals surface area contributed by atoms with Gasteiger partial charge in [0.2, 0.25) is 0 Å². The van der Waals surface area contributed by atoms with Crippen molar-refractivity contribution in [1.29, 1.82) is 0 Å². The number of unbranched alkanes of at least 4 members (excludes halogenated alkanes) is 1. The number of hydrogen-bond donors (Lipinski definition) is 0. The second-order valence-corrected chi connectivity index (χ2v) is 4.41. The molecule has 0 aliphatic rings. The topological polar surface area (TPSA) is 9.23 Å². The maximum absolute atomic E-state index is 13.9. The van der Waals surface area contributed by atoms with Crippen LogP contribution in [0.25, 0.3) is 0 Å². The minimum Gasteiger partial charge on any atom is -0.340 e. The standard InChI is InChI=1S/C10H10F12O/c1-2-3-4-23-6(12,5(11)7(13,14)15)8(16,9(17,18)19)10(20,21)22/h5H,2-4H2,1H3. The Morgan fingerprint density at radius 1 is 0.783 bits per heavy atom. The zero-order valence-corrected chi connectivity index (χ0v) is 11.1. The molecule has 0 fully saturated rings. The Morgan fingerprint density at radius 2 is 1.17 bits per heavy atom. The molecule has 0 saturated carbocycles. The number of alkyl halides is 12. The summed E-state index contributed by atoms with van der Waals surface area (Å²) < 4.78 is 155. The van der Waals surface area contributed by atoms with Crippen molar-refractivity contribution < 1.29 is 57.4 Å². The predicted octanol–water partition coefficient (Wildman–Crippen LogP) is 5.20. The Kier molecular flexibility index (Phi) is 6.30. The van der Waals surface area contributed by atoms with E-state index < -0.39 is 49.3 Å². The highest BCUT2D eigenvalue weighted by molar-refractivity contribution is 5.10. The number of rotatable bonds is 6. The third-order valence-electron chi connectivity index (χ3n) is 2.67. The number of hydrogen-bond acceptors (Lipinski definition) is 1. The molecule has 0 amide bonds. The molecule has 0 aliphatic heterocycles. The second kappa shape index (κ2) is 6.55. The lowest BCUT2D eigenvalue weighted by Crippen LogP contribution is -2.72. The third-order valence-corrected chi connectivity index (χ3v) is 2.67. The van der Waals surface area contributed by atoms with Crippen LogP contribution in [0.1, 0.15) is 19.8 Å². The van der Waals surface area contributed by atoms with Crippen molar-refractivity contribution in [1.82, 2.24) is 0 Å². The number of ether oxygens (including phenoxy) is 1. The zero-order valence-electron chi connectivity index (χ0n) is 11.1. The van der Waals surface area contributed by atoms with E-state index in [0.29, 0.717) is 0 Å². The van der Waals surface area contributed by atoms with E-state index in [2.05, 4.69) is 4.74 Å². The monoisotopic (exact) mass is 374 g/mol. The highest BCUT2D eigenvalue weighted by Crippen LogP contribution is 2.57. The highest BCUT2D eigenvalue weighted by atomic mass is 19.4. The minimum absolute atomic E-state index is 0.0730. The van der Waals surface area contributed by atoms with Crippen LogP contribution in [0.3, 0.4) is 0 Å². The summed E-state index contributed by atoms with van der Waals surface area (Å²) >= 11 is 0. The van der Waals surface area contributed by atoms with Crippen LogP contribution in [-0.2, 0) is 4.74 Å². The van der Waals surface area contributed by atoms with Crippen LogP contribution >= 0.6 is 0 Å². The third kappa shape index (κ3) is 3.97. The average molecular weight is 374 g/mol. The molecule has 0 radical (unpaired) electrons. The van der Waals surface area contributed by atoms with Crippen molar-refractivity contribution in [2.45, 2.75) is 56.0 Å². The molecule has 0 aliphatic carbocycles. The molecular formula is C10H10F12O. The van der Waals surface area contributed by atoms with Gasteiger partial charge in [-0.15, -0.1) is 0 Å². The molecule has 0 aromatic carbocycles. The Labute approximate surface area is 121 Å². The van der Waals surface area contributed by atoms with Gasteiger partial charge in [-0.1, -0.05) is 13.3 Å². The van der Waals surface area contributed by atoms with Crippen LogP contribution in [0.4, 0.5) is 52.7 Å². The lowest BCUT2D eigenvalue weighted by atomic mass is 9.90. The fraction of sp³-hybridized carbons (Fsp3) is 1.00. The van der Waals surface area contributed by atoms with Gasteiger partial charge in [-0.2, -0.15) is 39.5 Å². The van der Waals surface area contributed by atoms with E-state index in [1.165, 1.54) is 6.92 Å². The predicted molar refractivity (Wildman–Crippen MR) is 51.6 cm³/mol. The van der Waals surface area contributed by atoms with Gasteiger partial charge < -0.3 is 4.74 Å². The summed E-state index contributed by atoms with van der Waals surface area (Å²) in [6, 6.07) is 0. The van der Waals surface area contributed by atoms with Crippen LogP contribution in [0, 0.1) is 0 Å². The summed E-state index contributed by atoms with van der Waals surface area (Å²) in [5.74, 6) is -6.39. The van der Waals surface area contributed by atoms with Crippen molar-refractivity contribution in [2.75, 3.05) is 6.61 Å². The van der Waals surface area contributed by atoms with Gasteiger partial charge >= 0.3 is 30.1 Å². The van der Waals surface area contributed by atoms with Gasteiger partial charge in [-0.05, 0) is 6.42 Å². The first-order valence-corrected chi connectivity index (χ1v) is 5.82. The molecular weight excluding hydrogens is 364 g/mol. The van der Waals surface area contributed by atoms with Gasteiger partial charge in [0, 0.05) is 0 Å². The first-order chi connectivity index (χ1) is 9.97. The molecule has 2 atom stereocenters. The molecule has 2 unspecified atom stereocenters. The fourth-order valence-corrected chi connectivity index (χ4v) is 1.47. The Balaban J connectivity index is 6.27. The van der Waals surface area contributed by atoms with Gasteiger partial charge in [0.05, 0.1) is 6.61 Å². The summed E-state index contributed by atoms with van der Waals surface area (Å²) in [7, 11) is 0. The summed E-state index contributed by atoms with van der Waals surface area (Å²) in [4.78, 5) is 0. The molecule has 0 heterocycles. The molecule has 1 nitrogen and oxygen atoms in total. The highest BCUT2D eigenvalue weighted by Gasteiger charge is 2.88. The van der Waals surface area contributed by atoms with Crippen LogP contribution in [0.15, 0.2) is 0 Å². The van der Waals surface area contributed by atoms with Gasteiger partial charge in [-0.25, -0.2) is 13.2 Å². The van der Waals surface area contributed by atoms with E-state index >= 15 is 0 Å². The van der Waals surface area contributed by atoms with Gasteiger partial charge in [-0.3, -0.25) is 0 Å². The second-order valence-electron chi connectivity index (χ2n) is 4.41. The normalized spacial score (nSPS) is 18.7. The van der Waals surface area contributed by atoms with Crippen molar-refractivity contribution in [3.63, 3.8) is 0 Å². The first kappa shape index (κ1) is 22.1. The van der Waals surface area contributed by atoms with E-state index in [1.807, 2.05) is 0 Å². The smallest absolute Gasteiger partial charge is 0.340 e. The van der Waals surface area contributed by atoms with Crippen molar-refractivity contribution in [3.8, 4) is 0 Å². The quantitative estimate of drug-likeness (QED) is 0.459. The van der Waals surface area contributed by atoms with Crippen LogP contribution in [0.5, 0.6) is 0 Å². The Hall–Kier alpha value is -0.880. The molecule has 140 valence electrons. The van der Waals surface area contributed by atoms with Gasteiger partial charge in [0.1, 0.15) is 0 Å². The zero-order chi connectivity index (χ0) is 18.9. The van der Waals surface area contributed by atoms with Crippen LogP contribution in [0.2, 0.25) is 0 Å². The fourth-order valence-electron chi connectivity index (χ4n) is 1.47. The molecule has 13 heteroatoms. The van der Waals surface area contributed by atoms with E-state index in [1.54, 1.807) is 0 Å². The number of halogens is 12. The molecule has 0 bridgehead atoms. The summed E-state index contributed by atoms with van der Waals surface area (Å²) in [6.45, 7) is -0.239. The lowest BCUT2D eigenvalue weighted by molar-refractivity contribution is -0.440. The Morgan fingerprint density at radius 3 is 1.43 bits per heavy atom. The van der Waals surface area contributed by atoms with Crippen LogP contribution in [-0.4, -0.2) is 42.8 Å². The van der Waals surface area contributed by atoms with E-state index in [9.17, 15) is 52.7 Å². The largest absolute Gasteiger partial charge is 0.437 e. The summed E-state index contributed by atoms with van der Waals surface area (Å²) in [6.07, 6.45) is -27.2. The van der Waals surface area contributed by atoms with Crippen LogP contribution < -0.4 is 0 Å². The van der Waals surface area contributed by atoms with Crippen molar-refractivity contribution in [3.05, 3.63) is 0 Å². The van der Waals surface area contributed by atoms with Gasteiger partial charge in [0.25, 0.3) is 6.17 Å². The summed E-state index contributed by atoms with van der Waals surface area (Å²) in [5, 5.41) is 0. The maximum Gasteiger partial charge on any atom is 0.437 e. The molecule has 0 aromatic heterocycles. The molecule has 23 heavy (non-hydrogen) atoms. The van der Waals surface area contributed by atoms with Gasteiger partial charge in [0.15, 0.2) is 0 Å².